The molecule has 0 saturated heterocycles. The number of hydrogen-bond acceptors (Lipinski definition) is 2. The van der Waals surface area contributed by atoms with E-state index < -0.39 is 0 Å². The Hall–Kier alpha value is -2.62. The molecule has 0 heterocycles. The van der Waals surface area contributed by atoms with Crippen LogP contribution in [0.1, 0.15) is 11.1 Å². The largest absolute Gasteiger partial charge is 0.369 e. The van der Waals surface area contributed by atoms with Crippen LogP contribution in [0.4, 0.5) is 0 Å². The summed E-state index contributed by atoms with van der Waals surface area (Å²) in [6, 6.07) is 19.7. The number of benzene rings is 2. The van der Waals surface area contributed by atoms with E-state index in [2.05, 4.69) is 15.5 Å². The molecule has 0 saturated carbocycles. The highest BCUT2D eigenvalue weighted by atomic mass is 15.3. The molecule has 3 N–H and O–H groups in total. The molecule has 0 amide bonds. The van der Waals surface area contributed by atoms with Gasteiger partial charge in [-0.25, -0.2) is 10.4 Å². The summed E-state index contributed by atoms with van der Waals surface area (Å²) in [5.41, 5.74) is 10.5. The first-order valence-corrected chi connectivity index (χ1v) is 6.02. The summed E-state index contributed by atoms with van der Waals surface area (Å²) in [6.07, 6.45) is 1.70. The van der Waals surface area contributed by atoms with E-state index in [9.17, 15) is 0 Å². The van der Waals surface area contributed by atoms with Gasteiger partial charge in [0, 0.05) is 0 Å². The molecule has 0 bridgehead atoms. The van der Waals surface area contributed by atoms with Gasteiger partial charge in [-0.2, -0.15) is 5.10 Å². The number of aliphatic imine (C=N–C) groups is 1. The lowest BCUT2D eigenvalue weighted by atomic mass is 10.2. The minimum absolute atomic E-state index is 0.302. The van der Waals surface area contributed by atoms with Crippen LogP contribution in [0.15, 0.2) is 70.8 Å². The Morgan fingerprint density at radius 3 is 2.32 bits per heavy atom. The van der Waals surface area contributed by atoms with Crippen LogP contribution in [0.2, 0.25) is 0 Å². The summed E-state index contributed by atoms with van der Waals surface area (Å²) < 4.78 is 0. The van der Waals surface area contributed by atoms with Crippen molar-refractivity contribution in [1.82, 2.24) is 5.43 Å². The molecule has 4 nitrogen and oxygen atoms in total. The maximum absolute atomic E-state index is 5.71. The highest BCUT2D eigenvalue weighted by molar-refractivity contribution is 5.82. The molecule has 0 unspecified atom stereocenters. The Balaban J connectivity index is 1.84. The van der Waals surface area contributed by atoms with Crippen LogP contribution in [-0.4, -0.2) is 12.2 Å². The highest BCUT2D eigenvalue weighted by Crippen LogP contribution is 1.99. The van der Waals surface area contributed by atoms with Gasteiger partial charge >= 0.3 is 0 Å². The maximum atomic E-state index is 5.71. The van der Waals surface area contributed by atoms with Gasteiger partial charge in [-0.3, -0.25) is 0 Å². The quantitative estimate of drug-likeness (QED) is 0.497. The van der Waals surface area contributed by atoms with E-state index in [-0.39, 0.29) is 0 Å². The zero-order valence-electron chi connectivity index (χ0n) is 10.5. The Morgan fingerprint density at radius 2 is 1.63 bits per heavy atom. The molecular formula is C15H16N4. The van der Waals surface area contributed by atoms with E-state index in [4.69, 9.17) is 5.73 Å². The maximum Gasteiger partial charge on any atom is 0.209 e. The SMILES string of the molecule is NC(=NCc1ccccc1)N/N=C\c1ccccc1. The molecular weight excluding hydrogens is 236 g/mol. The molecule has 0 atom stereocenters. The van der Waals surface area contributed by atoms with Crippen molar-refractivity contribution in [2.24, 2.45) is 15.8 Å². The zero-order chi connectivity index (χ0) is 13.3. The van der Waals surface area contributed by atoms with E-state index in [0.29, 0.717) is 12.5 Å². The van der Waals surface area contributed by atoms with Crippen molar-refractivity contribution in [3.05, 3.63) is 71.8 Å². The Kier molecular flexibility index (Phi) is 4.70. The normalized spacial score (nSPS) is 11.7. The van der Waals surface area contributed by atoms with Crippen molar-refractivity contribution < 1.29 is 0 Å². The van der Waals surface area contributed by atoms with Crippen LogP contribution in [0.3, 0.4) is 0 Å². The number of rotatable bonds is 4. The number of nitrogens with zero attached hydrogens (tertiary/aromatic N) is 2. The smallest absolute Gasteiger partial charge is 0.209 e. The van der Waals surface area contributed by atoms with E-state index in [1.165, 1.54) is 0 Å². The van der Waals surface area contributed by atoms with Crippen molar-refractivity contribution in [2.45, 2.75) is 6.54 Å². The number of nitrogens with two attached hydrogens (primary N) is 1. The van der Waals surface area contributed by atoms with E-state index in [0.717, 1.165) is 11.1 Å². The lowest BCUT2D eigenvalue weighted by Crippen LogP contribution is -2.27. The fourth-order valence-electron chi connectivity index (χ4n) is 1.51. The van der Waals surface area contributed by atoms with Gasteiger partial charge in [-0.05, 0) is 11.1 Å². The van der Waals surface area contributed by atoms with Gasteiger partial charge in [-0.15, -0.1) is 0 Å². The first-order chi connectivity index (χ1) is 9.34. The van der Waals surface area contributed by atoms with Gasteiger partial charge in [0.05, 0.1) is 12.8 Å². The second-order valence-electron chi connectivity index (χ2n) is 3.97. The van der Waals surface area contributed by atoms with Crippen molar-refractivity contribution in [2.75, 3.05) is 0 Å². The summed E-state index contributed by atoms with van der Waals surface area (Å²) in [5.74, 6) is 0.302. The number of nitrogens with one attached hydrogen (secondary N) is 1. The van der Waals surface area contributed by atoms with Gasteiger partial charge in [0.2, 0.25) is 5.96 Å². The fraction of sp³-hybridized carbons (Fsp3) is 0.0667. The van der Waals surface area contributed by atoms with Gasteiger partial charge < -0.3 is 5.73 Å². The second kappa shape index (κ2) is 6.96. The third kappa shape index (κ3) is 4.63. The average molecular weight is 252 g/mol. The Morgan fingerprint density at radius 1 is 1.00 bits per heavy atom. The predicted octanol–water partition coefficient (Wildman–Crippen LogP) is 2.12. The fourth-order valence-corrected chi connectivity index (χ4v) is 1.51. The third-order valence-electron chi connectivity index (χ3n) is 2.47. The van der Waals surface area contributed by atoms with Crippen LogP contribution in [-0.2, 0) is 6.54 Å². The zero-order valence-corrected chi connectivity index (χ0v) is 10.5. The molecule has 0 radical (unpaired) electrons. The molecule has 0 aliphatic carbocycles. The molecule has 0 fully saturated rings. The Bertz CT molecular complexity index is 547. The number of hydrazone groups is 1. The summed E-state index contributed by atoms with van der Waals surface area (Å²) in [5, 5.41) is 4.02. The van der Waals surface area contributed by atoms with Crippen molar-refractivity contribution >= 4 is 12.2 Å². The third-order valence-corrected chi connectivity index (χ3v) is 2.47. The van der Waals surface area contributed by atoms with Crippen molar-refractivity contribution in [3.8, 4) is 0 Å². The first kappa shape index (κ1) is 12.8. The lowest BCUT2D eigenvalue weighted by Gasteiger charge is -2.00. The summed E-state index contributed by atoms with van der Waals surface area (Å²) >= 11 is 0. The van der Waals surface area contributed by atoms with E-state index in [1.54, 1.807) is 6.21 Å². The number of guanidine groups is 1. The predicted molar refractivity (Wildman–Crippen MR) is 78.9 cm³/mol. The lowest BCUT2D eigenvalue weighted by molar-refractivity contribution is 0.963. The van der Waals surface area contributed by atoms with E-state index >= 15 is 0 Å². The summed E-state index contributed by atoms with van der Waals surface area (Å²) in [7, 11) is 0. The molecule has 2 aromatic rings. The molecule has 4 heteroatoms. The van der Waals surface area contributed by atoms with E-state index in [1.807, 2.05) is 60.7 Å². The molecule has 0 aliphatic heterocycles. The average Bonchev–Trinajstić information content (AvgIpc) is 2.47. The minimum atomic E-state index is 0.302. The van der Waals surface area contributed by atoms with Crippen molar-refractivity contribution in [1.29, 1.82) is 0 Å². The van der Waals surface area contributed by atoms with Crippen LogP contribution < -0.4 is 11.2 Å². The van der Waals surface area contributed by atoms with Gasteiger partial charge in [0.25, 0.3) is 0 Å². The van der Waals surface area contributed by atoms with Gasteiger partial charge in [0.15, 0.2) is 0 Å². The van der Waals surface area contributed by atoms with Crippen LogP contribution in [0.5, 0.6) is 0 Å². The highest BCUT2D eigenvalue weighted by Gasteiger charge is 1.90. The number of hydrogen-bond donors (Lipinski definition) is 2. The Labute approximate surface area is 112 Å². The minimum Gasteiger partial charge on any atom is -0.369 e. The summed E-state index contributed by atoms with van der Waals surface area (Å²) in [4.78, 5) is 4.20. The van der Waals surface area contributed by atoms with Gasteiger partial charge in [0.1, 0.15) is 0 Å². The molecule has 19 heavy (non-hydrogen) atoms. The van der Waals surface area contributed by atoms with Crippen LogP contribution in [0, 0.1) is 0 Å². The van der Waals surface area contributed by atoms with Crippen molar-refractivity contribution in [3.63, 3.8) is 0 Å². The molecule has 2 rings (SSSR count). The second-order valence-corrected chi connectivity index (χ2v) is 3.97. The molecule has 2 aromatic carbocycles. The first-order valence-electron chi connectivity index (χ1n) is 6.02. The molecule has 0 aromatic heterocycles. The standard InChI is InChI=1S/C15H16N4/c16-15(17-11-13-7-3-1-4-8-13)19-18-12-14-9-5-2-6-10-14/h1-10,12H,11H2,(H3,16,17,19)/b18-12-. The topological polar surface area (TPSA) is 62.8 Å². The van der Waals surface area contributed by atoms with Crippen LogP contribution >= 0.6 is 0 Å². The monoisotopic (exact) mass is 252 g/mol. The molecule has 0 aliphatic rings. The molecule has 0 spiro atoms. The van der Waals surface area contributed by atoms with Crippen LogP contribution in [0.25, 0.3) is 0 Å². The molecule has 96 valence electrons. The van der Waals surface area contributed by atoms with Gasteiger partial charge in [-0.1, -0.05) is 60.7 Å². The summed E-state index contributed by atoms with van der Waals surface area (Å²) in [6.45, 7) is 0.542.